The van der Waals surface area contributed by atoms with Gasteiger partial charge in [0, 0.05) is 25.7 Å². The van der Waals surface area contributed by atoms with Gasteiger partial charge in [0.2, 0.25) is 5.91 Å². The van der Waals surface area contributed by atoms with Crippen LogP contribution in [0.4, 0.5) is 13.2 Å². The maximum Gasteiger partial charge on any atom is 0.416 e. The van der Waals surface area contributed by atoms with Crippen molar-refractivity contribution in [3.8, 4) is 0 Å². The highest BCUT2D eigenvalue weighted by atomic mass is 19.4. The normalized spacial score (nSPS) is 16.6. The highest BCUT2D eigenvalue weighted by Gasteiger charge is 2.30. The number of nitrogens with zero attached hydrogens (tertiary/aromatic N) is 1. The predicted octanol–water partition coefficient (Wildman–Crippen LogP) is 2.97. The minimum Gasteiger partial charge on any atom is -0.339 e. The lowest BCUT2D eigenvalue weighted by Crippen LogP contribution is -2.44. The number of alkyl halides is 3. The molecule has 1 N–H and O–H groups in total. The second kappa shape index (κ2) is 6.96. The zero-order valence-electron chi connectivity index (χ0n) is 12.2. The molecule has 3 nitrogen and oxygen atoms in total. The first kappa shape index (κ1) is 16.5. The van der Waals surface area contributed by atoms with Crippen LogP contribution in [0.2, 0.25) is 0 Å². The summed E-state index contributed by atoms with van der Waals surface area (Å²) in [5, 5.41) is 3.26. The summed E-state index contributed by atoms with van der Waals surface area (Å²) < 4.78 is 37.9. The van der Waals surface area contributed by atoms with Crippen molar-refractivity contribution in [3.05, 3.63) is 48.0 Å². The number of benzene rings is 1. The number of carbonyl (C=O) groups excluding carboxylic acids is 1. The van der Waals surface area contributed by atoms with Gasteiger partial charge >= 0.3 is 6.18 Å². The summed E-state index contributed by atoms with van der Waals surface area (Å²) in [5.41, 5.74) is -0.0161. The van der Waals surface area contributed by atoms with Crippen molar-refractivity contribution < 1.29 is 18.0 Å². The van der Waals surface area contributed by atoms with Crippen LogP contribution in [0.25, 0.3) is 0 Å². The summed E-state index contributed by atoms with van der Waals surface area (Å²) in [6.45, 7) is 5.14. The first-order chi connectivity index (χ1) is 10.4. The van der Waals surface area contributed by atoms with E-state index >= 15 is 0 Å². The molecule has 22 heavy (non-hydrogen) atoms. The third-order valence-corrected chi connectivity index (χ3v) is 3.83. The van der Waals surface area contributed by atoms with Gasteiger partial charge in [-0.1, -0.05) is 24.8 Å². The molecule has 1 aromatic carbocycles. The summed E-state index contributed by atoms with van der Waals surface area (Å²) >= 11 is 0. The van der Waals surface area contributed by atoms with Gasteiger partial charge in [-0.25, -0.2) is 0 Å². The van der Waals surface area contributed by atoms with E-state index in [4.69, 9.17) is 0 Å². The zero-order valence-corrected chi connectivity index (χ0v) is 12.2. The number of piperidine rings is 1. The largest absolute Gasteiger partial charge is 0.416 e. The average molecular weight is 312 g/mol. The maximum absolute atomic E-state index is 12.6. The number of rotatable bonds is 4. The van der Waals surface area contributed by atoms with Gasteiger partial charge in [0.15, 0.2) is 0 Å². The number of halogens is 3. The monoisotopic (exact) mass is 312 g/mol. The van der Waals surface area contributed by atoms with Gasteiger partial charge < -0.3 is 10.2 Å². The van der Waals surface area contributed by atoms with E-state index in [1.807, 2.05) is 0 Å². The van der Waals surface area contributed by atoms with Gasteiger partial charge in [-0.2, -0.15) is 13.2 Å². The lowest BCUT2D eigenvalue weighted by Gasteiger charge is -2.32. The quantitative estimate of drug-likeness (QED) is 0.867. The Kier molecular flexibility index (Phi) is 5.24. The molecular weight excluding hydrogens is 293 g/mol. The van der Waals surface area contributed by atoms with Crippen LogP contribution in [0.5, 0.6) is 0 Å². The maximum atomic E-state index is 12.6. The molecule has 1 heterocycles. The van der Waals surface area contributed by atoms with Crippen LogP contribution in [0.15, 0.2) is 36.9 Å². The highest BCUT2D eigenvalue weighted by Crippen LogP contribution is 2.29. The Hall–Kier alpha value is -1.82. The molecule has 0 saturated carbocycles. The molecule has 0 aliphatic carbocycles. The Morgan fingerprint density at radius 2 is 2.05 bits per heavy atom. The number of nitrogens with one attached hydrogen (secondary N) is 1. The van der Waals surface area contributed by atoms with Gasteiger partial charge in [0.1, 0.15) is 0 Å². The minimum atomic E-state index is -4.31. The summed E-state index contributed by atoms with van der Waals surface area (Å²) in [4.78, 5) is 13.2. The molecule has 1 aliphatic heterocycles. The molecule has 0 bridgehead atoms. The predicted molar refractivity (Wildman–Crippen MR) is 78.1 cm³/mol. The lowest BCUT2D eigenvalue weighted by molar-refractivity contribution is -0.137. The van der Waals surface area contributed by atoms with E-state index in [-0.39, 0.29) is 11.9 Å². The molecule has 1 saturated heterocycles. The number of hydrogen-bond donors (Lipinski definition) is 1. The van der Waals surface area contributed by atoms with Crippen molar-refractivity contribution in [1.82, 2.24) is 10.2 Å². The smallest absolute Gasteiger partial charge is 0.339 e. The molecule has 1 amide bonds. The Labute approximate surface area is 127 Å². The fourth-order valence-electron chi connectivity index (χ4n) is 2.55. The summed E-state index contributed by atoms with van der Waals surface area (Å²) in [5.74, 6) is -0.0728. The van der Waals surface area contributed by atoms with Crippen LogP contribution in [-0.4, -0.2) is 29.9 Å². The zero-order chi connectivity index (χ0) is 16.2. The SMILES string of the molecule is C=CC(=O)N1CCC(NCc2cccc(C(F)(F)F)c2)CC1. The molecular formula is C16H19F3N2O. The molecule has 0 unspecified atom stereocenters. The topological polar surface area (TPSA) is 32.3 Å². The lowest BCUT2D eigenvalue weighted by atomic mass is 10.0. The van der Waals surface area contributed by atoms with E-state index < -0.39 is 11.7 Å². The van der Waals surface area contributed by atoms with Crippen LogP contribution in [0.3, 0.4) is 0 Å². The minimum absolute atomic E-state index is 0.0728. The Morgan fingerprint density at radius 3 is 2.64 bits per heavy atom. The second-order valence-electron chi connectivity index (χ2n) is 5.38. The van der Waals surface area contributed by atoms with Crippen molar-refractivity contribution in [2.45, 2.75) is 31.6 Å². The van der Waals surface area contributed by atoms with Crippen molar-refractivity contribution in [1.29, 1.82) is 0 Å². The van der Waals surface area contributed by atoms with Crippen LogP contribution >= 0.6 is 0 Å². The summed E-state index contributed by atoms with van der Waals surface area (Å²) in [6, 6.07) is 5.55. The van der Waals surface area contributed by atoms with Crippen molar-refractivity contribution in [2.75, 3.05) is 13.1 Å². The van der Waals surface area contributed by atoms with E-state index in [1.165, 1.54) is 18.2 Å². The molecule has 0 radical (unpaired) electrons. The molecule has 1 aromatic rings. The summed E-state index contributed by atoms with van der Waals surface area (Å²) in [7, 11) is 0. The second-order valence-corrected chi connectivity index (χ2v) is 5.38. The third-order valence-electron chi connectivity index (χ3n) is 3.83. The molecule has 1 fully saturated rings. The van der Waals surface area contributed by atoms with Gasteiger partial charge in [-0.3, -0.25) is 4.79 Å². The molecule has 0 aromatic heterocycles. The highest BCUT2D eigenvalue weighted by molar-refractivity contribution is 5.87. The van der Waals surface area contributed by atoms with Crippen molar-refractivity contribution in [2.24, 2.45) is 0 Å². The number of carbonyl (C=O) groups is 1. The molecule has 1 aliphatic rings. The fraction of sp³-hybridized carbons (Fsp3) is 0.438. The number of hydrogen-bond acceptors (Lipinski definition) is 2. The van der Waals surface area contributed by atoms with E-state index in [0.29, 0.717) is 25.2 Å². The van der Waals surface area contributed by atoms with Crippen molar-refractivity contribution >= 4 is 5.91 Å². The molecule has 2 rings (SSSR count). The van der Waals surface area contributed by atoms with Gasteiger partial charge in [0.25, 0.3) is 0 Å². The van der Waals surface area contributed by atoms with Gasteiger partial charge in [-0.05, 0) is 30.5 Å². The van der Waals surface area contributed by atoms with Crippen LogP contribution in [-0.2, 0) is 17.5 Å². The first-order valence-corrected chi connectivity index (χ1v) is 7.21. The Morgan fingerprint density at radius 1 is 1.36 bits per heavy atom. The van der Waals surface area contributed by atoms with E-state index in [9.17, 15) is 18.0 Å². The van der Waals surface area contributed by atoms with Crippen LogP contribution in [0.1, 0.15) is 24.0 Å². The van der Waals surface area contributed by atoms with E-state index in [0.717, 1.165) is 18.9 Å². The average Bonchev–Trinajstić information content (AvgIpc) is 2.52. The summed E-state index contributed by atoms with van der Waals surface area (Å²) in [6.07, 6.45) is -1.43. The Balaban J connectivity index is 1.84. The third kappa shape index (κ3) is 4.34. The van der Waals surface area contributed by atoms with Gasteiger partial charge in [0.05, 0.1) is 5.56 Å². The Bertz CT molecular complexity index is 534. The molecule has 6 heteroatoms. The first-order valence-electron chi connectivity index (χ1n) is 7.21. The van der Waals surface area contributed by atoms with Crippen LogP contribution < -0.4 is 5.32 Å². The van der Waals surface area contributed by atoms with Crippen LogP contribution in [0, 0.1) is 0 Å². The molecule has 0 atom stereocenters. The van der Waals surface area contributed by atoms with E-state index in [1.54, 1.807) is 11.0 Å². The molecule has 0 spiro atoms. The van der Waals surface area contributed by atoms with Crippen molar-refractivity contribution in [3.63, 3.8) is 0 Å². The number of amides is 1. The fourth-order valence-corrected chi connectivity index (χ4v) is 2.55. The number of likely N-dealkylation sites (tertiary alicyclic amines) is 1. The standard InChI is InChI=1S/C16H19F3N2O/c1-2-15(22)21-8-6-14(7-9-21)20-11-12-4-3-5-13(10-12)16(17,18)19/h2-5,10,14,20H,1,6-9,11H2. The molecule has 120 valence electrons. The van der Waals surface area contributed by atoms with E-state index in [2.05, 4.69) is 11.9 Å². The van der Waals surface area contributed by atoms with Gasteiger partial charge in [-0.15, -0.1) is 0 Å².